The Hall–Kier alpha value is -0.870. The molecule has 0 aromatic heterocycles. The number of hydrogen-bond donors (Lipinski definition) is 1. The number of carbonyl (C=O) groups excluding carboxylic acids is 1. The second-order valence-electron chi connectivity index (χ2n) is 4.34. The minimum Gasteiger partial charge on any atom is -0.381 e. The zero-order valence-corrected chi connectivity index (χ0v) is 11.2. The van der Waals surface area contributed by atoms with E-state index in [9.17, 15) is 4.79 Å². The lowest BCUT2D eigenvalue weighted by molar-refractivity contribution is -0.120. The number of carbonyl (C=O) groups is 1. The number of amides is 1. The van der Waals surface area contributed by atoms with Crippen molar-refractivity contribution in [2.45, 2.75) is 12.8 Å². The molecule has 0 saturated carbocycles. The summed E-state index contributed by atoms with van der Waals surface area (Å²) >= 11 is 3.37. The van der Waals surface area contributed by atoms with Crippen molar-refractivity contribution in [3.8, 4) is 0 Å². The molecule has 17 heavy (non-hydrogen) atoms. The minimum absolute atomic E-state index is 0.0826. The molecule has 2 rings (SSSR count). The van der Waals surface area contributed by atoms with E-state index in [1.807, 2.05) is 24.3 Å². The average Bonchev–Trinajstić information content (AvgIpc) is 2.83. The van der Waals surface area contributed by atoms with E-state index in [2.05, 4.69) is 21.2 Å². The first-order valence-electron chi connectivity index (χ1n) is 5.83. The summed E-state index contributed by atoms with van der Waals surface area (Å²) in [6, 6.07) is 7.82. The van der Waals surface area contributed by atoms with Gasteiger partial charge in [-0.15, -0.1) is 0 Å². The van der Waals surface area contributed by atoms with Gasteiger partial charge in [-0.2, -0.15) is 0 Å². The zero-order valence-electron chi connectivity index (χ0n) is 9.62. The standard InChI is InChI=1S/C13H16BrNO2/c14-12-3-1-10(2-4-12)7-13(16)15-8-11-5-6-17-9-11/h1-4,11H,5-9H2,(H,15,16). The predicted octanol–water partition coefficient (Wildman–Crippen LogP) is 2.14. The van der Waals surface area contributed by atoms with E-state index in [-0.39, 0.29) is 5.91 Å². The van der Waals surface area contributed by atoms with Crippen LogP contribution >= 0.6 is 15.9 Å². The van der Waals surface area contributed by atoms with Crippen molar-refractivity contribution < 1.29 is 9.53 Å². The fourth-order valence-electron chi connectivity index (χ4n) is 1.85. The fraction of sp³-hybridized carbons (Fsp3) is 0.462. The molecule has 1 aromatic rings. The normalized spacial score (nSPS) is 19.2. The molecule has 0 spiro atoms. The SMILES string of the molecule is O=C(Cc1ccc(Br)cc1)NCC1CCOC1. The lowest BCUT2D eigenvalue weighted by Crippen LogP contribution is -2.30. The molecule has 92 valence electrons. The van der Waals surface area contributed by atoms with Crippen molar-refractivity contribution in [3.05, 3.63) is 34.3 Å². The van der Waals surface area contributed by atoms with E-state index in [1.54, 1.807) is 0 Å². The predicted molar refractivity (Wildman–Crippen MR) is 69.8 cm³/mol. The molecular weight excluding hydrogens is 282 g/mol. The first kappa shape index (κ1) is 12.6. The Morgan fingerprint density at radius 3 is 2.82 bits per heavy atom. The van der Waals surface area contributed by atoms with E-state index >= 15 is 0 Å². The van der Waals surface area contributed by atoms with Crippen LogP contribution in [0, 0.1) is 5.92 Å². The molecule has 1 amide bonds. The highest BCUT2D eigenvalue weighted by atomic mass is 79.9. The summed E-state index contributed by atoms with van der Waals surface area (Å²) in [7, 11) is 0. The van der Waals surface area contributed by atoms with Crippen LogP contribution in [0.2, 0.25) is 0 Å². The third kappa shape index (κ3) is 4.13. The van der Waals surface area contributed by atoms with E-state index < -0.39 is 0 Å². The molecule has 1 N–H and O–H groups in total. The molecule has 0 bridgehead atoms. The lowest BCUT2D eigenvalue weighted by atomic mass is 10.1. The van der Waals surface area contributed by atoms with Crippen molar-refractivity contribution in [2.75, 3.05) is 19.8 Å². The highest BCUT2D eigenvalue weighted by molar-refractivity contribution is 9.10. The number of halogens is 1. The van der Waals surface area contributed by atoms with Crippen LogP contribution in [0.5, 0.6) is 0 Å². The Labute approximate surface area is 110 Å². The molecule has 3 nitrogen and oxygen atoms in total. The smallest absolute Gasteiger partial charge is 0.224 e. The Bertz CT molecular complexity index is 372. The number of hydrogen-bond acceptors (Lipinski definition) is 2. The van der Waals surface area contributed by atoms with Crippen LogP contribution in [0.25, 0.3) is 0 Å². The van der Waals surface area contributed by atoms with Crippen molar-refractivity contribution >= 4 is 21.8 Å². The summed E-state index contributed by atoms with van der Waals surface area (Å²) < 4.78 is 6.30. The summed E-state index contributed by atoms with van der Waals surface area (Å²) in [5.41, 5.74) is 1.04. The molecule has 1 fully saturated rings. The molecule has 1 saturated heterocycles. The van der Waals surface area contributed by atoms with Gasteiger partial charge in [0.2, 0.25) is 5.91 Å². The Morgan fingerprint density at radius 1 is 1.41 bits per heavy atom. The van der Waals surface area contributed by atoms with E-state index in [0.29, 0.717) is 12.3 Å². The highest BCUT2D eigenvalue weighted by Gasteiger charge is 2.16. The van der Waals surface area contributed by atoms with Crippen molar-refractivity contribution in [1.29, 1.82) is 0 Å². The first-order chi connectivity index (χ1) is 8.24. The molecule has 0 aliphatic carbocycles. The molecule has 4 heteroatoms. The molecule has 1 unspecified atom stereocenters. The van der Waals surface area contributed by atoms with Gasteiger partial charge in [0.05, 0.1) is 13.0 Å². The maximum Gasteiger partial charge on any atom is 0.224 e. The lowest BCUT2D eigenvalue weighted by Gasteiger charge is -2.09. The van der Waals surface area contributed by atoms with Gasteiger partial charge in [-0.3, -0.25) is 4.79 Å². The van der Waals surface area contributed by atoms with Gasteiger partial charge in [0.25, 0.3) is 0 Å². The summed E-state index contributed by atoms with van der Waals surface area (Å²) in [5.74, 6) is 0.572. The molecule has 1 aliphatic rings. The fourth-order valence-corrected chi connectivity index (χ4v) is 2.12. The second kappa shape index (κ2) is 6.17. The van der Waals surface area contributed by atoms with Crippen molar-refractivity contribution in [1.82, 2.24) is 5.32 Å². The number of nitrogens with one attached hydrogen (secondary N) is 1. The van der Waals surface area contributed by atoms with Gasteiger partial charge >= 0.3 is 0 Å². The summed E-state index contributed by atoms with van der Waals surface area (Å²) in [6.07, 6.45) is 1.50. The summed E-state index contributed by atoms with van der Waals surface area (Å²) in [6.45, 7) is 2.33. The second-order valence-corrected chi connectivity index (χ2v) is 5.25. The molecule has 1 aromatic carbocycles. The summed E-state index contributed by atoms with van der Waals surface area (Å²) in [4.78, 5) is 11.7. The summed E-state index contributed by atoms with van der Waals surface area (Å²) in [5, 5.41) is 2.96. The molecule has 1 aliphatic heterocycles. The largest absolute Gasteiger partial charge is 0.381 e. The van der Waals surface area contributed by atoms with Crippen LogP contribution < -0.4 is 5.32 Å². The van der Waals surface area contributed by atoms with Gasteiger partial charge in [-0.1, -0.05) is 28.1 Å². The van der Waals surface area contributed by atoms with Gasteiger partial charge in [0, 0.05) is 23.5 Å². The van der Waals surface area contributed by atoms with Crippen molar-refractivity contribution in [3.63, 3.8) is 0 Å². The van der Waals surface area contributed by atoms with Crippen molar-refractivity contribution in [2.24, 2.45) is 5.92 Å². The zero-order chi connectivity index (χ0) is 12.1. The van der Waals surface area contributed by atoms with Gasteiger partial charge in [0.1, 0.15) is 0 Å². The van der Waals surface area contributed by atoms with Crippen LogP contribution in [0.15, 0.2) is 28.7 Å². The van der Waals surface area contributed by atoms with Crippen LogP contribution in [0.1, 0.15) is 12.0 Å². The Balaban J connectivity index is 1.74. The number of rotatable bonds is 4. The monoisotopic (exact) mass is 297 g/mol. The van der Waals surface area contributed by atoms with Crippen LogP contribution in [-0.4, -0.2) is 25.7 Å². The number of benzene rings is 1. The van der Waals surface area contributed by atoms with Crippen LogP contribution in [-0.2, 0) is 16.0 Å². The third-order valence-electron chi connectivity index (χ3n) is 2.89. The molecule has 0 radical (unpaired) electrons. The first-order valence-corrected chi connectivity index (χ1v) is 6.62. The number of ether oxygens (including phenoxy) is 1. The maximum atomic E-state index is 11.7. The molecule has 1 heterocycles. The van der Waals surface area contributed by atoms with E-state index in [0.717, 1.165) is 36.2 Å². The van der Waals surface area contributed by atoms with Crippen LogP contribution in [0.3, 0.4) is 0 Å². The van der Waals surface area contributed by atoms with Crippen LogP contribution in [0.4, 0.5) is 0 Å². The minimum atomic E-state index is 0.0826. The highest BCUT2D eigenvalue weighted by Crippen LogP contribution is 2.12. The Morgan fingerprint density at radius 2 is 2.18 bits per heavy atom. The van der Waals surface area contributed by atoms with E-state index in [1.165, 1.54) is 0 Å². The molecular formula is C13H16BrNO2. The average molecular weight is 298 g/mol. The Kier molecular flexibility index (Phi) is 4.57. The van der Waals surface area contributed by atoms with Gasteiger partial charge in [0.15, 0.2) is 0 Å². The van der Waals surface area contributed by atoms with Gasteiger partial charge < -0.3 is 10.1 Å². The van der Waals surface area contributed by atoms with E-state index in [4.69, 9.17) is 4.74 Å². The van der Waals surface area contributed by atoms with Gasteiger partial charge in [-0.05, 0) is 24.1 Å². The van der Waals surface area contributed by atoms with Gasteiger partial charge in [-0.25, -0.2) is 0 Å². The maximum absolute atomic E-state index is 11.7. The molecule has 1 atom stereocenters. The quantitative estimate of drug-likeness (QED) is 0.925. The third-order valence-corrected chi connectivity index (χ3v) is 3.42. The topological polar surface area (TPSA) is 38.3 Å².